The van der Waals surface area contributed by atoms with Gasteiger partial charge in [-0.15, -0.1) is 11.3 Å². The van der Waals surface area contributed by atoms with Gasteiger partial charge >= 0.3 is 0 Å². The van der Waals surface area contributed by atoms with Crippen molar-refractivity contribution >= 4 is 38.9 Å². The molecule has 19 heavy (non-hydrogen) atoms. The third-order valence-electron chi connectivity index (χ3n) is 3.08. The molecule has 1 unspecified atom stereocenters. The predicted octanol–water partition coefficient (Wildman–Crippen LogP) is 5.56. The molecule has 0 amide bonds. The highest BCUT2D eigenvalue weighted by atomic mass is 79.9. The van der Waals surface area contributed by atoms with Gasteiger partial charge in [-0.25, -0.2) is 0 Å². The number of thiophene rings is 1. The minimum Gasteiger partial charge on any atom is -0.306 e. The van der Waals surface area contributed by atoms with E-state index in [1.54, 1.807) is 11.3 Å². The van der Waals surface area contributed by atoms with Crippen molar-refractivity contribution in [3.63, 3.8) is 0 Å². The highest BCUT2D eigenvalue weighted by Crippen LogP contribution is 2.33. The molecule has 0 aliphatic heterocycles. The minimum absolute atomic E-state index is 0.163. The zero-order valence-electron chi connectivity index (χ0n) is 11.0. The lowest BCUT2D eigenvalue weighted by atomic mass is 9.99. The van der Waals surface area contributed by atoms with E-state index in [4.69, 9.17) is 11.6 Å². The quantitative estimate of drug-likeness (QED) is 0.737. The van der Waals surface area contributed by atoms with E-state index >= 15 is 0 Å². The predicted molar refractivity (Wildman–Crippen MR) is 88.3 cm³/mol. The van der Waals surface area contributed by atoms with E-state index in [2.05, 4.69) is 52.6 Å². The Kier molecular flexibility index (Phi) is 5.46. The highest BCUT2D eigenvalue weighted by molar-refractivity contribution is 9.10. The van der Waals surface area contributed by atoms with E-state index in [9.17, 15) is 0 Å². The molecule has 0 aliphatic rings. The Morgan fingerprint density at radius 2 is 2.11 bits per heavy atom. The summed E-state index contributed by atoms with van der Waals surface area (Å²) in [7, 11) is 0. The molecular weight excluding hydrogens is 342 g/mol. The first-order chi connectivity index (χ1) is 9.13. The van der Waals surface area contributed by atoms with Gasteiger partial charge in [0.1, 0.15) is 0 Å². The Bertz CT molecular complexity index is 553. The Balaban J connectivity index is 2.42. The SMILES string of the molecule is CCCNC(c1cc(Br)ccc1Cl)c1ccsc1C. The summed E-state index contributed by atoms with van der Waals surface area (Å²) in [5, 5.41) is 6.54. The van der Waals surface area contributed by atoms with Gasteiger partial charge in [-0.2, -0.15) is 0 Å². The van der Waals surface area contributed by atoms with Gasteiger partial charge < -0.3 is 5.32 Å². The van der Waals surface area contributed by atoms with Gasteiger partial charge in [0.15, 0.2) is 0 Å². The fourth-order valence-electron chi connectivity index (χ4n) is 2.11. The second-order valence-electron chi connectivity index (χ2n) is 4.49. The number of aryl methyl sites for hydroxylation is 1. The van der Waals surface area contributed by atoms with E-state index in [0.29, 0.717) is 0 Å². The maximum Gasteiger partial charge on any atom is 0.0602 e. The van der Waals surface area contributed by atoms with Crippen LogP contribution in [0.15, 0.2) is 34.1 Å². The fraction of sp³-hybridized carbons (Fsp3) is 0.333. The van der Waals surface area contributed by atoms with Crippen LogP contribution in [-0.2, 0) is 0 Å². The highest BCUT2D eigenvalue weighted by Gasteiger charge is 2.19. The molecule has 0 saturated heterocycles. The summed E-state index contributed by atoms with van der Waals surface area (Å²) in [6, 6.07) is 8.38. The largest absolute Gasteiger partial charge is 0.306 e. The van der Waals surface area contributed by atoms with Gasteiger partial charge in [0.25, 0.3) is 0 Å². The molecule has 1 nitrogen and oxygen atoms in total. The van der Waals surface area contributed by atoms with E-state index < -0.39 is 0 Å². The number of hydrogen-bond donors (Lipinski definition) is 1. The van der Waals surface area contributed by atoms with Gasteiger partial charge in [0.05, 0.1) is 6.04 Å². The number of halogens is 2. The van der Waals surface area contributed by atoms with Crippen molar-refractivity contribution in [2.75, 3.05) is 6.54 Å². The number of benzene rings is 1. The summed E-state index contributed by atoms with van der Waals surface area (Å²) in [6.07, 6.45) is 1.10. The van der Waals surface area contributed by atoms with Gasteiger partial charge in [0.2, 0.25) is 0 Å². The molecule has 102 valence electrons. The first-order valence-corrected chi connectivity index (χ1v) is 8.41. The van der Waals surface area contributed by atoms with Gasteiger partial charge in [0, 0.05) is 14.4 Å². The maximum atomic E-state index is 6.38. The van der Waals surface area contributed by atoms with E-state index in [1.807, 2.05) is 12.1 Å². The van der Waals surface area contributed by atoms with Crippen LogP contribution in [0.2, 0.25) is 5.02 Å². The van der Waals surface area contributed by atoms with Crippen molar-refractivity contribution in [3.8, 4) is 0 Å². The summed E-state index contributed by atoms with van der Waals surface area (Å²) in [5.41, 5.74) is 2.45. The molecule has 1 aromatic carbocycles. The Hall–Kier alpha value is -0.350. The second-order valence-corrected chi connectivity index (χ2v) is 6.93. The van der Waals surface area contributed by atoms with Gasteiger partial charge in [-0.05, 0) is 60.7 Å². The summed E-state index contributed by atoms with van der Waals surface area (Å²) in [5.74, 6) is 0. The molecule has 0 bridgehead atoms. The number of hydrogen-bond acceptors (Lipinski definition) is 2. The second kappa shape index (κ2) is 6.89. The molecule has 2 aromatic rings. The molecule has 0 radical (unpaired) electrons. The molecule has 1 N–H and O–H groups in total. The molecule has 0 saturated carbocycles. The number of rotatable bonds is 5. The number of nitrogens with one attached hydrogen (secondary N) is 1. The molecule has 2 rings (SSSR count). The van der Waals surface area contributed by atoms with Crippen LogP contribution in [0.3, 0.4) is 0 Å². The van der Waals surface area contributed by atoms with Crippen LogP contribution < -0.4 is 5.32 Å². The molecule has 4 heteroatoms. The molecule has 1 heterocycles. The van der Waals surface area contributed by atoms with Crippen LogP contribution >= 0.6 is 38.9 Å². The third kappa shape index (κ3) is 3.60. The molecule has 0 spiro atoms. The van der Waals surface area contributed by atoms with Crippen LogP contribution in [0.25, 0.3) is 0 Å². The van der Waals surface area contributed by atoms with Crippen LogP contribution in [0.4, 0.5) is 0 Å². The van der Waals surface area contributed by atoms with Crippen molar-refractivity contribution in [3.05, 3.63) is 55.1 Å². The van der Waals surface area contributed by atoms with Crippen LogP contribution in [0, 0.1) is 6.92 Å². The van der Waals surface area contributed by atoms with E-state index in [-0.39, 0.29) is 6.04 Å². The van der Waals surface area contributed by atoms with Crippen molar-refractivity contribution < 1.29 is 0 Å². The van der Waals surface area contributed by atoms with E-state index in [1.165, 1.54) is 10.4 Å². The topological polar surface area (TPSA) is 12.0 Å². The first-order valence-electron chi connectivity index (χ1n) is 6.35. The summed E-state index contributed by atoms with van der Waals surface area (Å²) in [6.45, 7) is 5.31. The molecule has 0 fully saturated rings. The zero-order valence-corrected chi connectivity index (χ0v) is 14.2. The monoisotopic (exact) mass is 357 g/mol. The van der Waals surface area contributed by atoms with Crippen LogP contribution in [0.1, 0.15) is 35.4 Å². The van der Waals surface area contributed by atoms with Crippen molar-refractivity contribution in [2.45, 2.75) is 26.3 Å². The smallest absolute Gasteiger partial charge is 0.0602 e. The van der Waals surface area contributed by atoms with Crippen LogP contribution in [-0.4, -0.2) is 6.54 Å². The third-order valence-corrected chi connectivity index (χ3v) is 4.78. The Morgan fingerprint density at radius 1 is 1.32 bits per heavy atom. The lowest BCUT2D eigenvalue weighted by molar-refractivity contribution is 0.598. The molecule has 1 atom stereocenters. The molecular formula is C15H17BrClNS. The minimum atomic E-state index is 0.163. The lowest BCUT2D eigenvalue weighted by Crippen LogP contribution is -2.23. The van der Waals surface area contributed by atoms with E-state index in [0.717, 1.165) is 28.0 Å². The Labute approximate surface area is 132 Å². The standard InChI is InChI=1S/C15H17BrClNS/c1-3-7-18-15(12-6-8-19-10(12)2)13-9-11(16)4-5-14(13)17/h4-6,8-9,15,18H,3,7H2,1-2H3. The van der Waals surface area contributed by atoms with Gasteiger partial charge in [-0.3, -0.25) is 0 Å². The zero-order chi connectivity index (χ0) is 13.8. The first kappa shape index (κ1) is 15.0. The average molecular weight is 359 g/mol. The summed E-state index contributed by atoms with van der Waals surface area (Å²) < 4.78 is 1.06. The average Bonchev–Trinajstić information content (AvgIpc) is 2.80. The maximum absolute atomic E-state index is 6.38. The van der Waals surface area contributed by atoms with Crippen molar-refractivity contribution in [1.82, 2.24) is 5.32 Å². The summed E-state index contributed by atoms with van der Waals surface area (Å²) >= 11 is 11.7. The molecule has 0 aliphatic carbocycles. The van der Waals surface area contributed by atoms with Crippen LogP contribution in [0.5, 0.6) is 0 Å². The lowest BCUT2D eigenvalue weighted by Gasteiger charge is -2.21. The summed E-state index contributed by atoms with van der Waals surface area (Å²) in [4.78, 5) is 1.34. The normalized spacial score (nSPS) is 12.6. The van der Waals surface area contributed by atoms with Crippen molar-refractivity contribution in [2.24, 2.45) is 0 Å². The van der Waals surface area contributed by atoms with Crippen molar-refractivity contribution in [1.29, 1.82) is 0 Å². The fourth-order valence-corrected chi connectivity index (χ4v) is 3.45. The molecule has 1 aromatic heterocycles. The van der Waals surface area contributed by atoms with Gasteiger partial charge in [-0.1, -0.05) is 34.5 Å². The Morgan fingerprint density at radius 3 is 2.74 bits per heavy atom.